The Morgan fingerprint density at radius 2 is 2.07 bits per heavy atom. The van der Waals surface area contributed by atoms with Gasteiger partial charge in [-0.2, -0.15) is 16.8 Å². The second kappa shape index (κ2) is 10.1. The average molecular weight is 461 g/mol. The summed E-state index contributed by atoms with van der Waals surface area (Å²) >= 11 is 6.90. The molecular weight excluding hydrogens is 440 g/mol. The summed E-state index contributed by atoms with van der Waals surface area (Å²) in [7, 11) is 0. The minimum atomic E-state index is -0.0567. The number of thioether (sulfide) groups is 1. The van der Waals surface area contributed by atoms with E-state index in [-0.39, 0.29) is 5.91 Å². The maximum Gasteiger partial charge on any atom is 0.248 e. The van der Waals surface area contributed by atoms with Crippen molar-refractivity contribution in [2.75, 3.05) is 5.75 Å². The van der Waals surface area contributed by atoms with Gasteiger partial charge in [0.1, 0.15) is 0 Å². The number of aromatic nitrogens is 1. The second-order valence-corrected chi connectivity index (χ2v) is 9.07. The number of fused-ring (bicyclic) bond motifs is 1. The van der Waals surface area contributed by atoms with Crippen LogP contribution in [0.4, 0.5) is 0 Å². The van der Waals surface area contributed by atoms with Gasteiger partial charge in [-0.3, -0.25) is 4.79 Å². The molecule has 3 nitrogen and oxygen atoms in total. The van der Waals surface area contributed by atoms with Gasteiger partial charge >= 0.3 is 0 Å². The summed E-state index contributed by atoms with van der Waals surface area (Å²) in [5.41, 5.74) is 2.40. The maximum absolute atomic E-state index is 12.3. The standard InChI is InChI=1S/C21H21BrN2OS2/c1-2-12-24-18-11-10-17(22)14-19(18)27-21(24)23-20(25)9-6-13-26-15-16-7-4-3-5-8-16/h2-5,7-8,10-11,14H,1,6,9,12-13,15H2. The van der Waals surface area contributed by atoms with E-state index < -0.39 is 0 Å². The van der Waals surface area contributed by atoms with Crippen molar-refractivity contribution in [2.24, 2.45) is 4.99 Å². The molecule has 1 aromatic heterocycles. The predicted octanol–water partition coefficient (Wildman–Crippen LogP) is 5.79. The molecule has 0 saturated heterocycles. The predicted molar refractivity (Wildman–Crippen MR) is 120 cm³/mol. The zero-order chi connectivity index (χ0) is 19.1. The van der Waals surface area contributed by atoms with Gasteiger partial charge in [-0.05, 0) is 35.9 Å². The van der Waals surface area contributed by atoms with E-state index in [2.05, 4.69) is 57.8 Å². The molecule has 1 amide bonds. The molecule has 0 aliphatic heterocycles. The van der Waals surface area contributed by atoms with Crippen LogP contribution in [0.15, 0.2) is 70.7 Å². The lowest BCUT2D eigenvalue weighted by atomic mass is 10.2. The van der Waals surface area contributed by atoms with Crippen molar-refractivity contribution >= 4 is 55.2 Å². The number of hydrogen-bond donors (Lipinski definition) is 0. The average Bonchev–Trinajstić information content (AvgIpc) is 2.99. The fraction of sp³-hybridized carbons (Fsp3) is 0.238. The van der Waals surface area contributed by atoms with E-state index in [9.17, 15) is 4.79 Å². The Morgan fingerprint density at radius 3 is 2.85 bits per heavy atom. The maximum atomic E-state index is 12.3. The first-order valence-corrected chi connectivity index (χ1v) is 11.5. The summed E-state index contributed by atoms with van der Waals surface area (Å²) in [6.45, 7) is 4.46. The largest absolute Gasteiger partial charge is 0.313 e. The van der Waals surface area contributed by atoms with E-state index in [1.807, 2.05) is 40.6 Å². The number of thiazole rings is 1. The number of benzene rings is 2. The van der Waals surface area contributed by atoms with Crippen molar-refractivity contribution in [3.63, 3.8) is 0 Å². The van der Waals surface area contributed by atoms with Crippen LogP contribution < -0.4 is 4.80 Å². The normalized spacial score (nSPS) is 11.8. The molecule has 0 radical (unpaired) electrons. The minimum absolute atomic E-state index is 0.0567. The molecule has 3 rings (SSSR count). The van der Waals surface area contributed by atoms with E-state index in [4.69, 9.17) is 0 Å². The number of carbonyl (C=O) groups excluding carboxylic acids is 1. The number of rotatable bonds is 8. The van der Waals surface area contributed by atoms with Crippen LogP contribution in [0.2, 0.25) is 0 Å². The monoisotopic (exact) mass is 460 g/mol. The molecule has 0 bridgehead atoms. The van der Waals surface area contributed by atoms with Gasteiger partial charge in [0.25, 0.3) is 0 Å². The summed E-state index contributed by atoms with van der Waals surface area (Å²) in [4.78, 5) is 17.4. The number of amides is 1. The molecule has 0 aliphatic rings. The number of allylic oxidation sites excluding steroid dienone is 1. The van der Waals surface area contributed by atoms with Gasteiger partial charge in [0.2, 0.25) is 5.91 Å². The van der Waals surface area contributed by atoms with Crippen LogP contribution in [-0.2, 0) is 17.1 Å². The minimum Gasteiger partial charge on any atom is -0.313 e. The van der Waals surface area contributed by atoms with E-state index in [1.54, 1.807) is 0 Å². The second-order valence-electron chi connectivity index (χ2n) is 6.04. The van der Waals surface area contributed by atoms with Gasteiger partial charge in [-0.1, -0.05) is 63.7 Å². The first-order valence-electron chi connectivity index (χ1n) is 8.76. The van der Waals surface area contributed by atoms with Gasteiger partial charge in [0, 0.05) is 23.2 Å². The van der Waals surface area contributed by atoms with Crippen LogP contribution in [-0.4, -0.2) is 16.2 Å². The summed E-state index contributed by atoms with van der Waals surface area (Å²) in [5.74, 6) is 1.89. The zero-order valence-corrected chi connectivity index (χ0v) is 18.2. The highest BCUT2D eigenvalue weighted by Gasteiger charge is 2.07. The fourth-order valence-corrected chi connectivity index (χ4v) is 5.22. The van der Waals surface area contributed by atoms with E-state index in [1.165, 1.54) is 16.9 Å². The van der Waals surface area contributed by atoms with Crippen molar-refractivity contribution in [1.29, 1.82) is 0 Å². The lowest BCUT2D eigenvalue weighted by Crippen LogP contribution is -2.16. The highest BCUT2D eigenvalue weighted by Crippen LogP contribution is 2.22. The van der Waals surface area contributed by atoms with Crippen LogP contribution in [0, 0.1) is 0 Å². The molecule has 0 unspecified atom stereocenters. The van der Waals surface area contributed by atoms with Crippen LogP contribution in [0.5, 0.6) is 0 Å². The molecule has 0 N–H and O–H groups in total. The van der Waals surface area contributed by atoms with Gasteiger partial charge in [-0.15, -0.1) is 6.58 Å². The number of nitrogens with zero attached hydrogens (tertiary/aromatic N) is 2. The van der Waals surface area contributed by atoms with E-state index in [0.717, 1.165) is 37.4 Å². The van der Waals surface area contributed by atoms with Crippen LogP contribution >= 0.6 is 39.0 Å². The van der Waals surface area contributed by atoms with E-state index >= 15 is 0 Å². The summed E-state index contributed by atoms with van der Waals surface area (Å²) in [5, 5.41) is 0. The quantitative estimate of drug-likeness (QED) is 0.314. The Morgan fingerprint density at radius 1 is 1.26 bits per heavy atom. The molecule has 2 aromatic carbocycles. The molecule has 140 valence electrons. The molecule has 0 fully saturated rings. The topological polar surface area (TPSA) is 34.4 Å². The summed E-state index contributed by atoms with van der Waals surface area (Å²) < 4.78 is 4.17. The summed E-state index contributed by atoms with van der Waals surface area (Å²) in [6, 6.07) is 16.5. The lowest BCUT2D eigenvalue weighted by molar-refractivity contribution is -0.118. The van der Waals surface area contributed by atoms with Crippen LogP contribution in [0.25, 0.3) is 10.2 Å². The zero-order valence-electron chi connectivity index (χ0n) is 14.9. The fourth-order valence-electron chi connectivity index (χ4n) is 2.69. The molecule has 0 atom stereocenters. The van der Waals surface area contributed by atoms with Gasteiger partial charge in [0.05, 0.1) is 10.2 Å². The van der Waals surface area contributed by atoms with Crippen molar-refractivity contribution in [1.82, 2.24) is 4.57 Å². The Hall–Kier alpha value is -1.63. The lowest BCUT2D eigenvalue weighted by Gasteiger charge is -2.02. The molecule has 27 heavy (non-hydrogen) atoms. The van der Waals surface area contributed by atoms with Crippen molar-refractivity contribution in [3.05, 3.63) is 76.0 Å². The molecular formula is C21H21BrN2OS2. The SMILES string of the molecule is C=CCn1c(=NC(=O)CCCSCc2ccccc2)sc2cc(Br)ccc21. The highest BCUT2D eigenvalue weighted by molar-refractivity contribution is 9.10. The Kier molecular flexibility index (Phi) is 7.50. The van der Waals surface area contributed by atoms with Crippen molar-refractivity contribution in [2.45, 2.75) is 25.1 Å². The highest BCUT2D eigenvalue weighted by atomic mass is 79.9. The Labute approximate surface area is 176 Å². The Bertz CT molecular complexity index is 992. The first-order chi connectivity index (χ1) is 13.2. The van der Waals surface area contributed by atoms with Crippen molar-refractivity contribution < 1.29 is 4.79 Å². The van der Waals surface area contributed by atoms with Crippen LogP contribution in [0.1, 0.15) is 18.4 Å². The summed E-state index contributed by atoms with van der Waals surface area (Å²) in [6.07, 6.45) is 3.16. The molecule has 3 aromatic rings. The molecule has 6 heteroatoms. The molecule has 0 saturated carbocycles. The number of carbonyl (C=O) groups is 1. The molecule has 1 heterocycles. The van der Waals surface area contributed by atoms with Gasteiger partial charge < -0.3 is 4.57 Å². The van der Waals surface area contributed by atoms with Gasteiger partial charge in [-0.25, -0.2) is 0 Å². The van der Waals surface area contributed by atoms with E-state index in [0.29, 0.717) is 13.0 Å². The van der Waals surface area contributed by atoms with Gasteiger partial charge in [0.15, 0.2) is 4.80 Å². The number of halogens is 1. The third-order valence-electron chi connectivity index (χ3n) is 3.97. The number of hydrogen-bond acceptors (Lipinski definition) is 3. The van der Waals surface area contributed by atoms with Crippen LogP contribution in [0.3, 0.4) is 0 Å². The first kappa shape index (κ1) is 20.1. The Balaban J connectivity index is 1.61. The third-order valence-corrected chi connectivity index (χ3v) is 6.62. The molecule has 0 spiro atoms. The third kappa shape index (κ3) is 5.67. The smallest absolute Gasteiger partial charge is 0.248 e. The van der Waals surface area contributed by atoms with Crippen molar-refractivity contribution in [3.8, 4) is 0 Å². The molecule has 0 aliphatic carbocycles.